The summed E-state index contributed by atoms with van der Waals surface area (Å²) in [7, 11) is 2.14. The van der Waals surface area contributed by atoms with E-state index in [2.05, 4.69) is 57.0 Å². The standard InChI is InChI=1S/C18H27NO2/c1-6-17(20)21-18(16-9-7-8-13(2)10-16)11-15(4)19(5)12-14(18)3/h7-10,14-15H,6,11-12H2,1-5H3/t14-,15-,18+/m0/s1. The maximum Gasteiger partial charge on any atom is 0.306 e. The number of rotatable bonds is 3. The SMILES string of the molecule is CCC(=O)O[C@]1(c2cccc(C)c2)C[C@H](C)N(C)C[C@@H]1C. The van der Waals surface area contributed by atoms with Crippen molar-refractivity contribution in [1.29, 1.82) is 0 Å². The lowest BCUT2D eigenvalue weighted by Gasteiger charge is -2.48. The van der Waals surface area contributed by atoms with E-state index in [1.165, 1.54) is 5.56 Å². The molecular weight excluding hydrogens is 262 g/mol. The van der Waals surface area contributed by atoms with Gasteiger partial charge in [0, 0.05) is 31.3 Å². The van der Waals surface area contributed by atoms with Gasteiger partial charge in [0.25, 0.3) is 0 Å². The quantitative estimate of drug-likeness (QED) is 0.798. The van der Waals surface area contributed by atoms with Crippen LogP contribution >= 0.6 is 0 Å². The van der Waals surface area contributed by atoms with Gasteiger partial charge in [-0.2, -0.15) is 0 Å². The highest BCUT2D eigenvalue weighted by Gasteiger charge is 2.47. The Morgan fingerprint density at radius 3 is 2.76 bits per heavy atom. The first-order chi connectivity index (χ1) is 9.89. The van der Waals surface area contributed by atoms with Crippen molar-refractivity contribution < 1.29 is 9.53 Å². The lowest BCUT2D eigenvalue weighted by Crippen LogP contribution is -2.53. The summed E-state index contributed by atoms with van der Waals surface area (Å²) in [5.74, 6) is 0.163. The van der Waals surface area contributed by atoms with E-state index in [9.17, 15) is 4.79 Å². The van der Waals surface area contributed by atoms with Crippen LogP contribution in [0.15, 0.2) is 24.3 Å². The van der Waals surface area contributed by atoms with Gasteiger partial charge in [-0.25, -0.2) is 0 Å². The van der Waals surface area contributed by atoms with Gasteiger partial charge in [-0.05, 0) is 26.5 Å². The second kappa shape index (κ2) is 6.18. The Morgan fingerprint density at radius 2 is 2.14 bits per heavy atom. The van der Waals surface area contributed by atoms with Crippen LogP contribution in [-0.4, -0.2) is 30.5 Å². The maximum absolute atomic E-state index is 12.0. The molecule has 0 N–H and O–H groups in total. The summed E-state index contributed by atoms with van der Waals surface area (Å²) in [5.41, 5.74) is 1.85. The summed E-state index contributed by atoms with van der Waals surface area (Å²) in [6.45, 7) is 9.27. The average Bonchev–Trinajstić information content (AvgIpc) is 2.44. The van der Waals surface area contributed by atoms with Gasteiger partial charge in [0.15, 0.2) is 0 Å². The minimum Gasteiger partial charge on any atom is -0.454 e. The molecule has 0 aliphatic carbocycles. The first-order valence-corrected chi connectivity index (χ1v) is 7.88. The van der Waals surface area contributed by atoms with E-state index in [0.29, 0.717) is 12.5 Å². The summed E-state index contributed by atoms with van der Waals surface area (Å²) in [4.78, 5) is 14.4. The summed E-state index contributed by atoms with van der Waals surface area (Å²) >= 11 is 0. The zero-order valence-electron chi connectivity index (χ0n) is 13.8. The molecule has 0 amide bonds. The number of esters is 1. The predicted molar refractivity (Wildman–Crippen MR) is 85.1 cm³/mol. The fourth-order valence-corrected chi connectivity index (χ4v) is 3.34. The van der Waals surface area contributed by atoms with E-state index in [-0.39, 0.29) is 11.9 Å². The van der Waals surface area contributed by atoms with Crippen molar-refractivity contribution in [3.05, 3.63) is 35.4 Å². The summed E-state index contributed by atoms with van der Waals surface area (Å²) < 4.78 is 6.03. The number of piperidine rings is 1. The number of hydrogen-bond donors (Lipinski definition) is 0. The van der Waals surface area contributed by atoms with E-state index in [0.717, 1.165) is 18.5 Å². The lowest BCUT2D eigenvalue weighted by molar-refractivity contribution is -0.177. The van der Waals surface area contributed by atoms with Crippen molar-refractivity contribution in [2.24, 2.45) is 5.92 Å². The third-order valence-electron chi connectivity index (χ3n) is 4.80. The van der Waals surface area contributed by atoms with E-state index >= 15 is 0 Å². The molecule has 0 spiro atoms. The first-order valence-electron chi connectivity index (χ1n) is 7.88. The van der Waals surface area contributed by atoms with E-state index in [4.69, 9.17) is 4.74 Å². The van der Waals surface area contributed by atoms with Crippen molar-refractivity contribution in [3.63, 3.8) is 0 Å². The number of hydrogen-bond acceptors (Lipinski definition) is 3. The van der Waals surface area contributed by atoms with Crippen LogP contribution in [0.3, 0.4) is 0 Å². The molecule has 0 aromatic heterocycles. The Kier molecular flexibility index (Phi) is 4.72. The molecule has 1 heterocycles. The normalized spacial score (nSPS) is 30.1. The van der Waals surface area contributed by atoms with E-state index < -0.39 is 5.60 Å². The topological polar surface area (TPSA) is 29.5 Å². The van der Waals surface area contributed by atoms with Gasteiger partial charge in [0.05, 0.1) is 0 Å². The molecule has 3 atom stereocenters. The molecule has 2 rings (SSSR count). The molecular formula is C18H27NO2. The molecule has 1 aromatic carbocycles. The molecule has 1 saturated heterocycles. The highest BCUT2D eigenvalue weighted by Crippen LogP contribution is 2.43. The molecule has 1 aromatic rings. The van der Waals surface area contributed by atoms with Crippen LogP contribution in [0.4, 0.5) is 0 Å². The van der Waals surface area contributed by atoms with E-state index in [1.54, 1.807) is 0 Å². The van der Waals surface area contributed by atoms with Gasteiger partial charge >= 0.3 is 5.97 Å². The highest BCUT2D eigenvalue weighted by atomic mass is 16.6. The van der Waals surface area contributed by atoms with Crippen LogP contribution in [-0.2, 0) is 15.1 Å². The van der Waals surface area contributed by atoms with Crippen LogP contribution in [0.5, 0.6) is 0 Å². The monoisotopic (exact) mass is 289 g/mol. The zero-order valence-corrected chi connectivity index (χ0v) is 13.8. The van der Waals surface area contributed by atoms with Crippen LogP contribution in [0.1, 0.15) is 44.7 Å². The summed E-state index contributed by atoms with van der Waals surface area (Å²) in [6.07, 6.45) is 1.27. The molecule has 116 valence electrons. The Hall–Kier alpha value is -1.35. The number of nitrogens with zero attached hydrogens (tertiary/aromatic N) is 1. The van der Waals surface area contributed by atoms with Gasteiger partial charge in [0.2, 0.25) is 0 Å². The Morgan fingerprint density at radius 1 is 1.43 bits per heavy atom. The molecule has 0 saturated carbocycles. The average molecular weight is 289 g/mol. The van der Waals surface area contributed by atoms with Gasteiger partial charge in [0.1, 0.15) is 5.60 Å². The molecule has 0 unspecified atom stereocenters. The lowest BCUT2D eigenvalue weighted by atomic mass is 9.74. The van der Waals surface area contributed by atoms with Crippen molar-refractivity contribution in [1.82, 2.24) is 4.90 Å². The van der Waals surface area contributed by atoms with Gasteiger partial charge in [-0.15, -0.1) is 0 Å². The number of carbonyl (C=O) groups excluding carboxylic acids is 1. The molecule has 0 bridgehead atoms. The van der Waals surface area contributed by atoms with Gasteiger partial charge < -0.3 is 9.64 Å². The van der Waals surface area contributed by atoms with Crippen LogP contribution in [0.25, 0.3) is 0 Å². The highest BCUT2D eigenvalue weighted by molar-refractivity contribution is 5.69. The molecule has 1 fully saturated rings. The number of aryl methyl sites for hydroxylation is 1. The largest absolute Gasteiger partial charge is 0.454 e. The minimum absolute atomic E-state index is 0.111. The molecule has 1 aliphatic heterocycles. The van der Waals surface area contributed by atoms with Crippen LogP contribution in [0, 0.1) is 12.8 Å². The maximum atomic E-state index is 12.0. The number of carbonyl (C=O) groups is 1. The third-order valence-corrected chi connectivity index (χ3v) is 4.80. The Labute approximate surface area is 128 Å². The first kappa shape index (κ1) is 16.0. The molecule has 3 heteroatoms. The fraction of sp³-hybridized carbons (Fsp3) is 0.611. The summed E-state index contributed by atoms with van der Waals surface area (Å²) in [5, 5.41) is 0. The molecule has 3 nitrogen and oxygen atoms in total. The smallest absolute Gasteiger partial charge is 0.306 e. The number of ether oxygens (including phenoxy) is 1. The van der Waals surface area contributed by atoms with E-state index in [1.807, 2.05) is 6.92 Å². The second-order valence-corrected chi connectivity index (χ2v) is 6.48. The van der Waals surface area contributed by atoms with Crippen LogP contribution < -0.4 is 0 Å². The Bertz CT molecular complexity index is 514. The fourth-order valence-electron chi connectivity index (χ4n) is 3.34. The summed E-state index contributed by atoms with van der Waals surface area (Å²) in [6, 6.07) is 8.80. The van der Waals surface area contributed by atoms with Crippen molar-refractivity contribution in [2.75, 3.05) is 13.6 Å². The Balaban J connectivity index is 2.46. The van der Waals surface area contributed by atoms with Crippen LogP contribution in [0.2, 0.25) is 0 Å². The second-order valence-electron chi connectivity index (χ2n) is 6.48. The zero-order chi connectivity index (χ0) is 15.6. The molecule has 1 aliphatic rings. The number of likely N-dealkylation sites (tertiary alicyclic amines) is 1. The van der Waals surface area contributed by atoms with Gasteiger partial charge in [-0.3, -0.25) is 4.79 Å². The van der Waals surface area contributed by atoms with Crippen molar-refractivity contribution >= 4 is 5.97 Å². The third kappa shape index (κ3) is 3.13. The number of benzene rings is 1. The van der Waals surface area contributed by atoms with Crippen molar-refractivity contribution in [2.45, 2.75) is 52.2 Å². The molecule has 21 heavy (non-hydrogen) atoms. The van der Waals surface area contributed by atoms with Crippen molar-refractivity contribution in [3.8, 4) is 0 Å². The predicted octanol–water partition coefficient (Wildman–Crippen LogP) is 3.50. The molecule has 0 radical (unpaired) electrons. The van der Waals surface area contributed by atoms with Gasteiger partial charge in [-0.1, -0.05) is 43.7 Å². The minimum atomic E-state index is -0.495.